The maximum atomic E-state index is 11.1. The van der Waals surface area contributed by atoms with Crippen LogP contribution in [0.2, 0.25) is 0 Å². The van der Waals surface area contributed by atoms with Gasteiger partial charge in [0.25, 0.3) is 5.91 Å². The number of carbonyl (C=O) groups is 1. The van der Waals surface area contributed by atoms with Crippen molar-refractivity contribution < 1.29 is 9.28 Å². The molecule has 0 radical (unpaired) electrons. The van der Waals surface area contributed by atoms with Gasteiger partial charge in [-0.3, -0.25) is 9.69 Å². The fourth-order valence-corrected chi connectivity index (χ4v) is 2.73. The molecule has 86 valence electrons. The van der Waals surface area contributed by atoms with Crippen LogP contribution < -0.4 is 11.1 Å². The number of amides is 1. The molecule has 1 amide bonds. The molecular formula is C10H21N4O+. The Balaban J connectivity index is 1.97. The molecular weight excluding hydrogens is 192 g/mol. The summed E-state index contributed by atoms with van der Waals surface area (Å²) >= 11 is 0. The van der Waals surface area contributed by atoms with E-state index in [0.717, 1.165) is 49.8 Å². The van der Waals surface area contributed by atoms with Gasteiger partial charge in [0.2, 0.25) is 0 Å². The first-order valence-corrected chi connectivity index (χ1v) is 5.62. The first kappa shape index (κ1) is 10.9. The van der Waals surface area contributed by atoms with Crippen LogP contribution in [0.3, 0.4) is 0 Å². The highest BCUT2D eigenvalue weighted by atomic mass is 16.1. The van der Waals surface area contributed by atoms with Crippen LogP contribution in [0.25, 0.3) is 0 Å². The van der Waals surface area contributed by atoms with E-state index in [4.69, 9.17) is 5.73 Å². The molecule has 5 heteroatoms. The minimum atomic E-state index is -0.169. The normalized spacial score (nSPS) is 32.9. The summed E-state index contributed by atoms with van der Waals surface area (Å²) in [6.45, 7) is 6.91. The van der Waals surface area contributed by atoms with Gasteiger partial charge in [0.05, 0.1) is 19.6 Å². The number of nitrogens with zero attached hydrogens (tertiary/aromatic N) is 2. The van der Waals surface area contributed by atoms with Gasteiger partial charge in [0.1, 0.15) is 6.67 Å². The average molecular weight is 213 g/mol. The van der Waals surface area contributed by atoms with Crippen molar-refractivity contribution in [2.24, 2.45) is 11.7 Å². The fraction of sp³-hybridized carbons (Fsp3) is 0.900. The summed E-state index contributed by atoms with van der Waals surface area (Å²) in [6, 6.07) is 0. The van der Waals surface area contributed by atoms with E-state index in [1.54, 1.807) is 0 Å². The predicted octanol–water partition coefficient (Wildman–Crippen LogP) is -1.59. The second-order valence-electron chi connectivity index (χ2n) is 5.12. The smallest absolute Gasteiger partial charge is 0.272 e. The standard InChI is InChI=1S/C10H20N4O/c1-13-2-3-14(8-13,7-10(11)15)6-9-4-12-5-9/h9,12H,2-8H2,1H3,(H-,11,15)/p+1. The monoisotopic (exact) mass is 213 g/mol. The second-order valence-corrected chi connectivity index (χ2v) is 5.12. The van der Waals surface area contributed by atoms with Crippen molar-refractivity contribution in [2.75, 3.05) is 53.0 Å². The van der Waals surface area contributed by atoms with Crippen molar-refractivity contribution in [3.63, 3.8) is 0 Å². The maximum Gasteiger partial charge on any atom is 0.272 e. The number of rotatable bonds is 4. The van der Waals surface area contributed by atoms with E-state index in [-0.39, 0.29) is 5.91 Å². The zero-order valence-electron chi connectivity index (χ0n) is 9.41. The largest absolute Gasteiger partial charge is 0.365 e. The maximum absolute atomic E-state index is 11.1. The molecule has 0 aliphatic carbocycles. The van der Waals surface area contributed by atoms with Gasteiger partial charge in [-0.2, -0.15) is 0 Å². The van der Waals surface area contributed by atoms with Crippen molar-refractivity contribution >= 4 is 5.91 Å². The zero-order valence-corrected chi connectivity index (χ0v) is 9.41. The average Bonchev–Trinajstić information content (AvgIpc) is 2.40. The molecule has 3 N–H and O–H groups in total. The lowest BCUT2D eigenvalue weighted by atomic mass is 10.0. The molecule has 0 aromatic rings. The Morgan fingerprint density at radius 1 is 1.60 bits per heavy atom. The number of nitrogens with two attached hydrogens (primary N) is 1. The summed E-state index contributed by atoms with van der Waals surface area (Å²) in [4.78, 5) is 13.4. The van der Waals surface area contributed by atoms with E-state index < -0.39 is 0 Å². The second kappa shape index (κ2) is 4.08. The van der Waals surface area contributed by atoms with E-state index >= 15 is 0 Å². The number of hydrogen-bond acceptors (Lipinski definition) is 3. The minimum Gasteiger partial charge on any atom is -0.365 e. The highest BCUT2D eigenvalue weighted by Crippen LogP contribution is 2.19. The first-order chi connectivity index (χ1) is 7.10. The third-order valence-electron chi connectivity index (χ3n) is 3.50. The van der Waals surface area contributed by atoms with Crippen molar-refractivity contribution in [2.45, 2.75) is 0 Å². The molecule has 2 aliphatic heterocycles. The summed E-state index contributed by atoms with van der Waals surface area (Å²) in [6.07, 6.45) is 0. The summed E-state index contributed by atoms with van der Waals surface area (Å²) in [5, 5.41) is 3.28. The molecule has 0 aromatic carbocycles. The van der Waals surface area contributed by atoms with Gasteiger partial charge in [-0.1, -0.05) is 0 Å². The molecule has 2 aliphatic rings. The van der Waals surface area contributed by atoms with E-state index in [9.17, 15) is 4.79 Å². The number of primary amides is 1. The number of quaternary nitrogens is 1. The van der Waals surface area contributed by atoms with Crippen molar-refractivity contribution in [1.82, 2.24) is 10.2 Å². The van der Waals surface area contributed by atoms with Crippen LogP contribution in [0, 0.1) is 5.92 Å². The third-order valence-corrected chi connectivity index (χ3v) is 3.50. The quantitative estimate of drug-likeness (QED) is 0.554. The van der Waals surface area contributed by atoms with E-state index in [0.29, 0.717) is 6.54 Å². The number of nitrogens with one attached hydrogen (secondary N) is 1. The molecule has 15 heavy (non-hydrogen) atoms. The molecule has 5 nitrogen and oxygen atoms in total. The molecule has 1 unspecified atom stereocenters. The van der Waals surface area contributed by atoms with Crippen LogP contribution in [-0.2, 0) is 4.79 Å². The fourth-order valence-electron chi connectivity index (χ4n) is 2.73. The molecule has 0 aromatic heterocycles. The van der Waals surface area contributed by atoms with Crippen LogP contribution >= 0.6 is 0 Å². The molecule has 2 fully saturated rings. The molecule has 2 saturated heterocycles. The van der Waals surface area contributed by atoms with E-state index in [2.05, 4.69) is 17.3 Å². The number of likely N-dealkylation sites (N-methyl/N-ethyl adjacent to an activating group) is 1. The molecule has 1 atom stereocenters. The van der Waals surface area contributed by atoms with Crippen LogP contribution in [0.1, 0.15) is 0 Å². The Morgan fingerprint density at radius 3 is 2.73 bits per heavy atom. The lowest BCUT2D eigenvalue weighted by Gasteiger charge is -2.39. The van der Waals surface area contributed by atoms with Crippen LogP contribution in [0.4, 0.5) is 0 Å². The third kappa shape index (κ3) is 2.48. The van der Waals surface area contributed by atoms with Gasteiger partial charge < -0.3 is 15.5 Å². The van der Waals surface area contributed by atoms with Gasteiger partial charge in [0, 0.05) is 19.0 Å². The zero-order chi connectivity index (χ0) is 10.9. The van der Waals surface area contributed by atoms with Gasteiger partial charge in [-0.25, -0.2) is 0 Å². The topological polar surface area (TPSA) is 58.4 Å². The van der Waals surface area contributed by atoms with Crippen molar-refractivity contribution in [3.05, 3.63) is 0 Å². The lowest BCUT2D eigenvalue weighted by molar-refractivity contribution is -0.916. The summed E-state index contributed by atoms with van der Waals surface area (Å²) in [5.41, 5.74) is 5.35. The Kier molecular flexibility index (Phi) is 2.95. The van der Waals surface area contributed by atoms with Gasteiger partial charge >= 0.3 is 0 Å². The first-order valence-electron chi connectivity index (χ1n) is 5.62. The van der Waals surface area contributed by atoms with Crippen LogP contribution in [0.5, 0.6) is 0 Å². The molecule has 0 saturated carbocycles. The lowest BCUT2D eigenvalue weighted by Crippen LogP contribution is -2.59. The van der Waals surface area contributed by atoms with Crippen LogP contribution in [-0.4, -0.2) is 68.3 Å². The summed E-state index contributed by atoms with van der Waals surface area (Å²) < 4.78 is 0.873. The van der Waals surface area contributed by atoms with E-state index in [1.807, 2.05) is 0 Å². The van der Waals surface area contributed by atoms with Crippen molar-refractivity contribution in [1.29, 1.82) is 0 Å². The molecule has 0 spiro atoms. The SMILES string of the molecule is CN1CC[N+](CC(N)=O)(CC2CNC2)C1. The highest BCUT2D eigenvalue weighted by Gasteiger charge is 2.39. The van der Waals surface area contributed by atoms with Gasteiger partial charge in [0.15, 0.2) is 6.54 Å². The highest BCUT2D eigenvalue weighted by molar-refractivity contribution is 5.74. The minimum absolute atomic E-state index is 0.169. The summed E-state index contributed by atoms with van der Waals surface area (Å²) in [7, 11) is 2.11. The van der Waals surface area contributed by atoms with Gasteiger partial charge in [-0.05, 0) is 7.05 Å². The Hall–Kier alpha value is -0.650. The summed E-state index contributed by atoms with van der Waals surface area (Å²) in [5.74, 6) is 0.563. The van der Waals surface area contributed by atoms with Crippen molar-refractivity contribution in [3.8, 4) is 0 Å². The Labute approximate surface area is 90.8 Å². The van der Waals surface area contributed by atoms with Crippen LogP contribution in [0.15, 0.2) is 0 Å². The van der Waals surface area contributed by atoms with Gasteiger partial charge in [-0.15, -0.1) is 0 Å². The number of hydrogen-bond donors (Lipinski definition) is 2. The Morgan fingerprint density at radius 2 is 2.33 bits per heavy atom. The molecule has 2 heterocycles. The number of carbonyl (C=O) groups excluding carboxylic acids is 1. The Bertz CT molecular complexity index is 254. The van der Waals surface area contributed by atoms with E-state index in [1.165, 1.54) is 0 Å². The molecule has 0 bridgehead atoms. The predicted molar refractivity (Wildman–Crippen MR) is 57.9 cm³/mol. The molecule has 2 rings (SSSR count).